The van der Waals surface area contributed by atoms with Crippen molar-refractivity contribution in [2.45, 2.75) is 6.92 Å². The van der Waals surface area contributed by atoms with E-state index < -0.39 is 11.7 Å². The third-order valence-electron chi connectivity index (χ3n) is 2.85. The van der Waals surface area contributed by atoms with E-state index in [1.807, 2.05) is 0 Å². The van der Waals surface area contributed by atoms with Crippen molar-refractivity contribution in [1.82, 2.24) is 0 Å². The predicted octanol–water partition coefficient (Wildman–Crippen LogP) is 4.28. The predicted molar refractivity (Wildman–Crippen MR) is 80.0 cm³/mol. The van der Waals surface area contributed by atoms with Crippen molar-refractivity contribution < 1.29 is 9.18 Å². The maximum atomic E-state index is 13.6. The van der Waals surface area contributed by atoms with Crippen molar-refractivity contribution in [1.29, 1.82) is 0 Å². The zero-order valence-electron chi connectivity index (χ0n) is 10.5. The third-order valence-corrected chi connectivity index (χ3v) is 3.67. The monoisotopic (exact) mass is 312 g/mol. The number of carbonyl (C=O) groups excluding carboxylic acids is 1. The first kappa shape index (κ1) is 14.6. The van der Waals surface area contributed by atoms with Crippen molar-refractivity contribution in [2.24, 2.45) is 0 Å². The number of hydrogen-bond acceptors (Lipinski definition) is 2. The van der Waals surface area contributed by atoms with E-state index in [9.17, 15) is 9.18 Å². The summed E-state index contributed by atoms with van der Waals surface area (Å²) in [4.78, 5) is 12.1. The molecule has 1 amide bonds. The first-order chi connectivity index (χ1) is 9.40. The van der Waals surface area contributed by atoms with Gasteiger partial charge in [-0.2, -0.15) is 0 Å². The number of nitrogen functional groups attached to an aromatic ring is 1. The van der Waals surface area contributed by atoms with Crippen LogP contribution in [-0.2, 0) is 0 Å². The van der Waals surface area contributed by atoms with E-state index in [2.05, 4.69) is 5.32 Å². The molecule has 0 atom stereocenters. The van der Waals surface area contributed by atoms with Crippen LogP contribution in [0.5, 0.6) is 0 Å². The van der Waals surface area contributed by atoms with Gasteiger partial charge in [0.15, 0.2) is 0 Å². The first-order valence-corrected chi connectivity index (χ1v) is 6.46. The van der Waals surface area contributed by atoms with Crippen LogP contribution in [-0.4, -0.2) is 5.91 Å². The zero-order chi connectivity index (χ0) is 14.9. The lowest BCUT2D eigenvalue weighted by Gasteiger charge is -2.10. The summed E-state index contributed by atoms with van der Waals surface area (Å²) in [5.74, 6) is -1.05. The van der Waals surface area contributed by atoms with Gasteiger partial charge in [0, 0.05) is 16.8 Å². The van der Waals surface area contributed by atoms with Crippen LogP contribution in [0, 0.1) is 12.7 Å². The third kappa shape index (κ3) is 2.86. The van der Waals surface area contributed by atoms with Crippen LogP contribution in [0.2, 0.25) is 10.0 Å². The van der Waals surface area contributed by atoms with Crippen molar-refractivity contribution in [3.63, 3.8) is 0 Å². The molecular formula is C14H11Cl2FN2O. The number of benzene rings is 2. The smallest absolute Gasteiger partial charge is 0.255 e. The standard InChI is InChI=1S/C14H11Cl2FN2O/c1-7-10(17)5-8(6-11(7)18)14(20)19-12-4-2-3-9(15)13(12)16/h2-6H,18H2,1H3,(H,19,20). The Kier molecular flexibility index (Phi) is 4.16. The van der Waals surface area contributed by atoms with Crippen molar-refractivity contribution >= 4 is 40.5 Å². The van der Waals surface area contributed by atoms with E-state index in [4.69, 9.17) is 28.9 Å². The zero-order valence-corrected chi connectivity index (χ0v) is 12.0. The van der Waals surface area contributed by atoms with E-state index in [0.29, 0.717) is 16.3 Å². The van der Waals surface area contributed by atoms with Gasteiger partial charge in [-0.15, -0.1) is 0 Å². The average Bonchev–Trinajstić information content (AvgIpc) is 2.40. The highest BCUT2D eigenvalue weighted by Gasteiger charge is 2.13. The number of rotatable bonds is 2. The summed E-state index contributed by atoms with van der Waals surface area (Å²) in [7, 11) is 0. The Morgan fingerprint density at radius 2 is 2.00 bits per heavy atom. The maximum absolute atomic E-state index is 13.6. The molecule has 2 aromatic carbocycles. The van der Waals surface area contributed by atoms with Gasteiger partial charge in [-0.05, 0) is 31.2 Å². The number of hydrogen-bond donors (Lipinski definition) is 2. The number of amides is 1. The Morgan fingerprint density at radius 1 is 1.30 bits per heavy atom. The number of anilines is 2. The summed E-state index contributed by atoms with van der Waals surface area (Å²) in [5, 5.41) is 3.11. The van der Waals surface area contributed by atoms with Crippen molar-refractivity contribution in [3.8, 4) is 0 Å². The molecule has 0 bridgehead atoms. The number of carbonyl (C=O) groups is 1. The molecule has 2 rings (SSSR count). The Balaban J connectivity index is 2.31. The van der Waals surface area contributed by atoms with Gasteiger partial charge in [-0.25, -0.2) is 4.39 Å². The second kappa shape index (κ2) is 5.69. The Morgan fingerprint density at radius 3 is 2.65 bits per heavy atom. The minimum absolute atomic E-state index is 0.113. The van der Waals surface area contributed by atoms with Crippen LogP contribution in [0.4, 0.5) is 15.8 Å². The van der Waals surface area contributed by atoms with E-state index in [0.717, 1.165) is 6.07 Å². The quantitative estimate of drug-likeness (QED) is 0.813. The van der Waals surface area contributed by atoms with E-state index in [1.54, 1.807) is 25.1 Å². The van der Waals surface area contributed by atoms with Crippen LogP contribution in [0.15, 0.2) is 30.3 Å². The molecule has 6 heteroatoms. The molecule has 0 aliphatic rings. The molecule has 0 aromatic heterocycles. The van der Waals surface area contributed by atoms with Gasteiger partial charge >= 0.3 is 0 Å². The van der Waals surface area contributed by atoms with E-state index >= 15 is 0 Å². The van der Waals surface area contributed by atoms with Gasteiger partial charge < -0.3 is 11.1 Å². The summed E-state index contributed by atoms with van der Waals surface area (Å²) in [6.45, 7) is 1.54. The van der Waals surface area contributed by atoms with Crippen LogP contribution < -0.4 is 11.1 Å². The first-order valence-electron chi connectivity index (χ1n) is 5.71. The van der Waals surface area contributed by atoms with Gasteiger partial charge in [0.2, 0.25) is 0 Å². The fraction of sp³-hybridized carbons (Fsp3) is 0.0714. The lowest BCUT2D eigenvalue weighted by Crippen LogP contribution is -2.13. The lowest BCUT2D eigenvalue weighted by atomic mass is 10.1. The summed E-state index contributed by atoms with van der Waals surface area (Å²) < 4.78 is 13.6. The molecule has 0 spiro atoms. The van der Waals surface area contributed by atoms with Crippen LogP contribution in [0.1, 0.15) is 15.9 Å². The van der Waals surface area contributed by atoms with Crippen molar-refractivity contribution in [3.05, 3.63) is 57.3 Å². The van der Waals surface area contributed by atoms with E-state index in [-0.39, 0.29) is 16.3 Å². The molecule has 104 valence electrons. The van der Waals surface area contributed by atoms with E-state index in [1.165, 1.54) is 6.07 Å². The Hall–Kier alpha value is -1.78. The van der Waals surface area contributed by atoms with Crippen LogP contribution in [0.3, 0.4) is 0 Å². The SMILES string of the molecule is Cc1c(N)cc(C(=O)Nc2cccc(Cl)c2Cl)cc1F. The summed E-state index contributed by atoms with van der Waals surface area (Å²) in [5.41, 5.74) is 6.63. The highest BCUT2D eigenvalue weighted by atomic mass is 35.5. The molecule has 0 saturated heterocycles. The average molecular weight is 313 g/mol. The molecule has 2 aromatic rings. The molecular weight excluding hydrogens is 302 g/mol. The van der Waals surface area contributed by atoms with Gasteiger partial charge in [0.25, 0.3) is 5.91 Å². The van der Waals surface area contributed by atoms with Gasteiger partial charge in [-0.1, -0.05) is 29.3 Å². The molecule has 3 nitrogen and oxygen atoms in total. The highest BCUT2D eigenvalue weighted by Crippen LogP contribution is 2.30. The minimum atomic E-state index is -0.535. The summed E-state index contributed by atoms with van der Waals surface area (Å²) in [6, 6.07) is 7.38. The topological polar surface area (TPSA) is 55.1 Å². The normalized spacial score (nSPS) is 10.4. The van der Waals surface area contributed by atoms with Crippen LogP contribution in [0.25, 0.3) is 0 Å². The van der Waals surface area contributed by atoms with Gasteiger partial charge in [0.1, 0.15) is 5.82 Å². The molecule has 0 saturated carbocycles. The summed E-state index contributed by atoms with van der Waals surface area (Å²) in [6.07, 6.45) is 0. The van der Waals surface area contributed by atoms with Gasteiger partial charge in [0.05, 0.1) is 15.7 Å². The fourth-order valence-electron chi connectivity index (χ4n) is 1.63. The molecule has 0 aliphatic heterocycles. The number of nitrogens with two attached hydrogens (primary N) is 1. The van der Waals surface area contributed by atoms with Crippen molar-refractivity contribution in [2.75, 3.05) is 11.1 Å². The fourth-order valence-corrected chi connectivity index (χ4v) is 1.97. The molecule has 0 fully saturated rings. The molecule has 0 heterocycles. The Labute approximate surface area is 125 Å². The molecule has 20 heavy (non-hydrogen) atoms. The van der Waals surface area contributed by atoms with Gasteiger partial charge in [-0.3, -0.25) is 4.79 Å². The minimum Gasteiger partial charge on any atom is -0.398 e. The largest absolute Gasteiger partial charge is 0.398 e. The number of halogens is 3. The van der Waals surface area contributed by atoms with Crippen LogP contribution >= 0.6 is 23.2 Å². The molecule has 0 unspecified atom stereocenters. The number of nitrogens with one attached hydrogen (secondary N) is 1. The molecule has 0 aliphatic carbocycles. The molecule has 0 radical (unpaired) electrons. The Bertz CT molecular complexity index is 666. The lowest BCUT2D eigenvalue weighted by molar-refractivity contribution is 0.102. The second-order valence-corrected chi connectivity index (χ2v) is 5.01. The highest BCUT2D eigenvalue weighted by molar-refractivity contribution is 6.44. The summed E-state index contributed by atoms with van der Waals surface area (Å²) >= 11 is 11.8. The maximum Gasteiger partial charge on any atom is 0.255 e. The second-order valence-electron chi connectivity index (χ2n) is 4.23. The molecule has 3 N–H and O–H groups in total.